The lowest BCUT2D eigenvalue weighted by Gasteiger charge is -2.34. The number of rotatable bonds is 32. The molecule has 236 valence electrons. The molecular formula is C30H66O4S3Si2. The van der Waals surface area contributed by atoms with E-state index in [1.54, 1.807) is 0 Å². The molecule has 0 aliphatic heterocycles. The van der Waals surface area contributed by atoms with Gasteiger partial charge in [-0.15, -0.1) is 0 Å². The van der Waals surface area contributed by atoms with Gasteiger partial charge < -0.3 is 18.9 Å². The van der Waals surface area contributed by atoms with Crippen LogP contribution in [0.15, 0.2) is 0 Å². The van der Waals surface area contributed by atoms with Gasteiger partial charge in [-0.2, -0.15) is 0 Å². The molecule has 0 saturated heterocycles. The zero-order valence-corrected chi connectivity index (χ0v) is 32.1. The molecular weight excluding hydrogens is 577 g/mol. The average Bonchev–Trinajstić information content (AvgIpc) is 2.94. The van der Waals surface area contributed by atoms with Gasteiger partial charge in [0.05, 0.1) is 19.0 Å². The van der Waals surface area contributed by atoms with Crippen molar-refractivity contribution in [1.29, 1.82) is 0 Å². The highest BCUT2D eigenvalue weighted by Gasteiger charge is 2.32. The quantitative estimate of drug-likeness (QED) is 0.0313. The van der Waals surface area contributed by atoms with Gasteiger partial charge in [-0.25, -0.2) is 0 Å². The van der Waals surface area contributed by atoms with Crippen molar-refractivity contribution in [3.63, 3.8) is 0 Å². The van der Waals surface area contributed by atoms with Gasteiger partial charge in [-0.1, -0.05) is 114 Å². The van der Waals surface area contributed by atoms with E-state index in [0.717, 1.165) is 65.0 Å². The molecule has 0 amide bonds. The van der Waals surface area contributed by atoms with Crippen LogP contribution in [-0.4, -0.2) is 67.8 Å². The monoisotopic (exact) mass is 642 g/mol. The smallest absolute Gasteiger partial charge is 0.145 e. The minimum absolute atomic E-state index is 0.236. The molecule has 0 unspecified atom stereocenters. The molecule has 0 aromatic carbocycles. The van der Waals surface area contributed by atoms with E-state index in [4.69, 9.17) is 18.9 Å². The second-order valence-corrected chi connectivity index (χ2v) is 19.8. The Hall–Kier alpha value is 1.32. The third-order valence-electron chi connectivity index (χ3n) is 6.94. The van der Waals surface area contributed by atoms with Crippen LogP contribution in [-0.2, 0) is 18.9 Å². The Bertz CT molecular complexity index is 445. The van der Waals surface area contributed by atoms with Gasteiger partial charge in [0.15, 0.2) is 0 Å². The van der Waals surface area contributed by atoms with Crippen LogP contribution in [0.3, 0.4) is 0 Å². The van der Waals surface area contributed by atoms with Crippen molar-refractivity contribution in [3.05, 3.63) is 0 Å². The Morgan fingerprint density at radius 2 is 0.795 bits per heavy atom. The topological polar surface area (TPSA) is 36.9 Å². The Morgan fingerprint density at radius 3 is 1.08 bits per heavy atom. The summed E-state index contributed by atoms with van der Waals surface area (Å²) in [7, 11) is 5.17. The van der Waals surface area contributed by atoms with E-state index in [9.17, 15) is 0 Å². The van der Waals surface area contributed by atoms with E-state index in [-0.39, 0.29) is 10.8 Å². The van der Waals surface area contributed by atoms with Crippen molar-refractivity contribution >= 4 is 50.5 Å². The highest BCUT2D eigenvalue weighted by molar-refractivity contribution is 9.09. The summed E-state index contributed by atoms with van der Waals surface area (Å²) in [6.45, 7) is 17.0. The molecule has 0 rings (SSSR count). The Morgan fingerprint density at radius 1 is 0.462 bits per heavy atom. The highest BCUT2D eigenvalue weighted by Crippen LogP contribution is 2.37. The Labute approximate surface area is 260 Å². The van der Waals surface area contributed by atoms with Gasteiger partial charge in [-0.05, 0) is 61.2 Å². The van der Waals surface area contributed by atoms with Crippen molar-refractivity contribution < 1.29 is 18.9 Å². The second-order valence-electron chi connectivity index (χ2n) is 10.8. The molecule has 0 aliphatic carbocycles. The van der Waals surface area contributed by atoms with Crippen molar-refractivity contribution in [2.75, 3.05) is 37.9 Å². The molecule has 9 heteroatoms. The third-order valence-corrected chi connectivity index (χ3v) is 16.5. The van der Waals surface area contributed by atoms with Crippen LogP contribution in [0.4, 0.5) is 0 Å². The fraction of sp³-hybridized carbons (Fsp3) is 1.00. The maximum Gasteiger partial charge on any atom is 0.145 e. The normalized spacial score (nSPS) is 13.1. The zero-order valence-electron chi connectivity index (χ0n) is 26.8. The van der Waals surface area contributed by atoms with Crippen LogP contribution in [0, 0.1) is 0 Å². The van der Waals surface area contributed by atoms with Crippen LogP contribution in [0.25, 0.3) is 0 Å². The summed E-state index contributed by atoms with van der Waals surface area (Å²) >= 11 is 0. The number of ether oxygens (including phenoxy) is 4. The van der Waals surface area contributed by atoms with Crippen LogP contribution in [0.2, 0.25) is 12.1 Å². The molecule has 4 nitrogen and oxygen atoms in total. The van der Waals surface area contributed by atoms with Gasteiger partial charge >= 0.3 is 0 Å². The summed E-state index contributed by atoms with van der Waals surface area (Å²) in [6.07, 6.45) is 16.3. The van der Waals surface area contributed by atoms with E-state index >= 15 is 0 Å². The fourth-order valence-electron chi connectivity index (χ4n) is 4.32. The van der Waals surface area contributed by atoms with Crippen molar-refractivity contribution in [2.24, 2.45) is 0 Å². The zero-order chi connectivity index (χ0) is 28.9. The first-order chi connectivity index (χ1) is 19.1. The third kappa shape index (κ3) is 22.5. The molecule has 0 aliphatic rings. The van der Waals surface area contributed by atoms with E-state index in [0.29, 0.717) is 0 Å². The Balaban J connectivity index is 4.57. The van der Waals surface area contributed by atoms with E-state index in [2.05, 4.69) is 41.5 Å². The predicted octanol–water partition coefficient (Wildman–Crippen LogP) is 9.15. The minimum atomic E-state index is -0.411. The molecule has 0 N–H and O–H groups in total. The second kappa shape index (κ2) is 29.4. The summed E-state index contributed by atoms with van der Waals surface area (Å²) in [6, 6.07) is 2.62. The molecule has 0 fully saturated rings. The predicted molar refractivity (Wildman–Crippen MR) is 187 cm³/mol. The Kier molecular flexibility index (Phi) is 30.4. The van der Waals surface area contributed by atoms with Crippen molar-refractivity contribution in [2.45, 2.75) is 154 Å². The number of hydrogen-bond acceptors (Lipinski definition) is 7. The van der Waals surface area contributed by atoms with Gasteiger partial charge in [0.25, 0.3) is 0 Å². The number of unbranched alkanes of at least 4 members (excludes halogenated alkanes) is 4. The highest BCUT2D eigenvalue weighted by atomic mass is 33.5. The maximum atomic E-state index is 6.51. The first-order valence-corrected chi connectivity index (χ1v) is 23.8. The van der Waals surface area contributed by atoms with Crippen LogP contribution >= 0.6 is 31.4 Å². The summed E-state index contributed by atoms with van der Waals surface area (Å²) < 4.78 is 26.0. The molecule has 0 atom stereocenters. The van der Waals surface area contributed by atoms with Crippen LogP contribution < -0.4 is 0 Å². The molecule has 0 radical (unpaired) electrons. The minimum Gasteiger partial charge on any atom is -0.354 e. The molecule has 0 bridgehead atoms. The largest absolute Gasteiger partial charge is 0.354 e. The van der Waals surface area contributed by atoms with Crippen molar-refractivity contribution in [3.8, 4) is 0 Å². The summed E-state index contributed by atoms with van der Waals surface area (Å²) in [5.41, 5.74) is -0.472. The lowest BCUT2D eigenvalue weighted by atomic mass is 10.3. The average molecular weight is 643 g/mol. The van der Waals surface area contributed by atoms with Crippen LogP contribution in [0.1, 0.15) is 131 Å². The lowest BCUT2D eigenvalue weighted by molar-refractivity contribution is -0.186. The standard InChI is InChI=1S/C30H66O4S3Si2/c1-7-13-21-31-29(38-27-11-5,32-22-14-8-2)19-17-25-35-37-36-26-18-20-30(39-28-12-6,33-23-15-9-3)34-24-16-10-4/h7-28,38-39H2,1-6H3. The first-order valence-electron chi connectivity index (χ1n) is 16.5. The summed E-state index contributed by atoms with van der Waals surface area (Å²) in [4.78, 5) is 0. The summed E-state index contributed by atoms with van der Waals surface area (Å²) in [5.74, 6) is 2.34. The van der Waals surface area contributed by atoms with Gasteiger partial charge in [-0.3, -0.25) is 0 Å². The van der Waals surface area contributed by atoms with Gasteiger partial charge in [0.2, 0.25) is 0 Å². The van der Waals surface area contributed by atoms with E-state index in [1.807, 2.05) is 31.4 Å². The van der Waals surface area contributed by atoms with E-state index in [1.165, 1.54) is 75.0 Å². The molecule has 0 spiro atoms. The van der Waals surface area contributed by atoms with Crippen molar-refractivity contribution in [1.82, 2.24) is 0 Å². The lowest BCUT2D eigenvalue weighted by Crippen LogP contribution is -2.43. The first kappa shape index (κ1) is 40.3. The fourth-order valence-corrected chi connectivity index (χ4v) is 12.1. The van der Waals surface area contributed by atoms with Crippen LogP contribution in [0.5, 0.6) is 0 Å². The molecule has 0 heterocycles. The SMILES string of the molecule is CCCCOC(CCCSSSCCCC(OCCCC)(OCCCC)[SiH2]CCC)(OCCCC)[SiH2]CCC. The number of hydrogen-bond donors (Lipinski definition) is 0. The molecule has 39 heavy (non-hydrogen) atoms. The molecule has 0 aromatic rings. The summed E-state index contributed by atoms with van der Waals surface area (Å²) in [5, 5.41) is 0. The van der Waals surface area contributed by atoms with E-state index < -0.39 is 19.0 Å². The molecule has 0 saturated carbocycles. The molecule has 0 aromatic heterocycles. The van der Waals surface area contributed by atoms with Gasteiger partial charge in [0.1, 0.15) is 10.8 Å². The maximum absolute atomic E-state index is 6.51. The van der Waals surface area contributed by atoms with Gasteiger partial charge in [0, 0.05) is 37.9 Å².